The maximum absolute atomic E-state index is 13.0. The van der Waals surface area contributed by atoms with Crippen molar-refractivity contribution in [1.29, 1.82) is 0 Å². The predicted octanol–water partition coefficient (Wildman–Crippen LogP) is 3.61. The first-order chi connectivity index (χ1) is 10.9. The van der Waals surface area contributed by atoms with E-state index < -0.39 is 9.73 Å². The summed E-state index contributed by atoms with van der Waals surface area (Å²) in [4.78, 5) is 19.3. The second kappa shape index (κ2) is 6.36. The van der Waals surface area contributed by atoms with Crippen molar-refractivity contribution >= 4 is 32.1 Å². The highest BCUT2D eigenvalue weighted by Gasteiger charge is 2.41. The number of hydrogen-bond donors (Lipinski definition) is 0. The Balaban J connectivity index is 1.87. The quantitative estimate of drug-likeness (QED) is 0.763. The Kier molecular flexibility index (Phi) is 4.60. The normalized spacial score (nSPS) is 20.7. The van der Waals surface area contributed by atoms with Crippen molar-refractivity contribution in [2.45, 2.75) is 44.1 Å². The number of hydrogen-bond acceptors (Lipinski definition) is 5. The molecule has 1 aliphatic heterocycles. The maximum atomic E-state index is 13.0. The molecule has 2 heterocycles. The van der Waals surface area contributed by atoms with Crippen LogP contribution in [0.25, 0.3) is 0 Å². The molecule has 1 aliphatic carbocycles. The number of nitrogens with zero attached hydrogens (tertiary/aromatic N) is 3. The molecule has 0 saturated heterocycles. The summed E-state index contributed by atoms with van der Waals surface area (Å²) >= 11 is 1.28. The molecule has 23 heavy (non-hydrogen) atoms. The van der Waals surface area contributed by atoms with E-state index in [1.54, 1.807) is 17.9 Å². The first-order valence-corrected chi connectivity index (χ1v) is 11.2. The van der Waals surface area contributed by atoms with Crippen LogP contribution in [0.4, 0.5) is 5.13 Å². The van der Waals surface area contributed by atoms with Crippen LogP contribution in [0.1, 0.15) is 49.0 Å². The van der Waals surface area contributed by atoms with E-state index in [4.69, 9.17) is 0 Å². The van der Waals surface area contributed by atoms with E-state index in [9.17, 15) is 9.00 Å². The number of carbonyl (C=O) groups is 1. The topological polar surface area (TPSA) is 62.6 Å². The molecule has 5 nitrogen and oxygen atoms in total. The number of aromatic nitrogens is 1. The van der Waals surface area contributed by atoms with Gasteiger partial charge in [0.05, 0.1) is 0 Å². The summed E-state index contributed by atoms with van der Waals surface area (Å²) < 4.78 is 15.9. The summed E-state index contributed by atoms with van der Waals surface area (Å²) in [6.07, 6.45) is 14.1. The van der Waals surface area contributed by atoms with Gasteiger partial charge in [-0.05, 0) is 19.3 Å². The van der Waals surface area contributed by atoms with Crippen molar-refractivity contribution in [3.63, 3.8) is 0 Å². The van der Waals surface area contributed by atoms with Gasteiger partial charge in [0.15, 0.2) is 0 Å². The Labute approximate surface area is 142 Å². The minimum absolute atomic E-state index is 0.0207. The average Bonchev–Trinajstić information content (AvgIpc) is 2.94. The van der Waals surface area contributed by atoms with Crippen molar-refractivity contribution in [1.82, 2.24) is 9.88 Å². The van der Waals surface area contributed by atoms with Gasteiger partial charge in [0.2, 0.25) is 5.13 Å². The fourth-order valence-electron chi connectivity index (χ4n) is 3.50. The Hall–Kier alpha value is -1.21. The molecule has 1 amide bonds. The number of thiazole rings is 1. The van der Waals surface area contributed by atoms with Gasteiger partial charge < -0.3 is 4.90 Å². The molecule has 0 radical (unpaired) electrons. The molecule has 3 rings (SSSR count). The van der Waals surface area contributed by atoms with Crippen LogP contribution in [0.5, 0.6) is 0 Å². The Bertz CT molecular complexity index is 730. The second-order valence-corrected chi connectivity index (χ2v) is 10.0. The number of carbonyl (C=O) groups excluding carboxylic acids is 1. The molecule has 1 spiro atoms. The third-order valence-electron chi connectivity index (χ3n) is 4.56. The van der Waals surface area contributed by atoms with Crippen LogP contribution >= 0.6 is 11.3 Å². The summed E-state index contributed by atoms with van der Waals surface area (Å²) in [7, 11) is -2.25. The molecule has 7 heteroatoms. The third kappa shape index (κ3) is 3.66. The fourth-order valence-corrected chi connectivity index (χ4v) is 5.15. The number of amides is 1. The van der Waals surface area contributed by atoms with Crippen molar-refractivity contribution < 1.29 is 9.00 Å². The van der Waals surface area contributed by atoms with Gasteiger partial charge in [-0.25, -0.2) is 9.19 Å². The van der Waals surface area contributed by atoms with Crippen molar-refractivity contribution in [2.24, 2.45) is 4.36 Å². The predicted molar refractivity (Wildman–Crippen MR) is 94.8 cm³/mol. The van der Waals surface area contributed by atoms with Gasteiger partial charge in [0, 0.05) is 39.7 Å². The first-order valence-electron chi connectivity index (χ1n) is 7.99. The zero-order chi connectivity index (χ0) is 16.5. The molecule has 0 aromatic carbocycles. The van der Waals surface area contributed by atoms with Crippen molar-refractivity contribution in [3.8, 4) is 0 Å². The smallest absolute Gasteiger partial charge is 0.274 e. The molecular formula is C16H23N3O2S2. The minimum Gasteiger partial charge on any atom is -0.328 e. The molecule has 1 fully saturated rings. The summed E-state index contributed by atoms with van der Waals surface area (Å²) in [6, 6.07) is 0. The average molecular weight is 354 g/mol. The van der Waals surface area contributed by atoms with E-state index in [0.29, 0.717) is 17.4 Å². The van der Waals surface area contributed by atoms with Crippen LogP contribution in [0.3, 0.4) is 0 Å². The Morgan fingerprint density at radius 2 is 2.04 bits per heavy atom. The first kappa shape index (κ1) is 16.6. The third-order valence-corrected chi connectivity index (χ3v) is 6.03. The lowest BCUT2D eigenvalue weighted by Gasteiger charge is -2.47. The van der Waals surface area contributed by atoms with Crippen LogP contribution in [0, 0.1) is 0 Å². The van der Waals surface area contributed by atoms with Crippen LogP contribution < -0.4 is 0 Å². The van der Waals surface area contributed by atoms with E-state index in [1.807, 2.05) is 4.90 Å². The molecular weight excluding hydrogens is 330 g/mol. The van der Waals surface area contributed by atoms with Gasteiger partial charge in [-0.15, -0.1) is 11.3 Å². The van der Waals surface area contributed by atoms with E-state index in [2.05, 4.69) is 21.5 Å². The van der Waals surface area contributed by atoms with E-state index >= 15 is 0 Å². The molecule has 126 valence electrons. The molecule has 1 saturated carbocycles. The van der Waals surface area contributed by atoms with Gasteiger partial charge >= 0.3 is 0 Å². The van der Waals surface area contributed by atoms with Crippen LogP contribution in [-0.2, 0) is 9.73 Å². The molecule has 1 aromatic heterocycles. The largest absolute Gasteiger partial charge is 0.328 e. The van der Waals surface area contributed by atoms with Crippen LogP contribution in [-0.4, -0.2) is 44.6 Å². The molecule has 0 atom stereocenters. The summed E-state index contributed by atoms with van der Waals surface area (Å²) in [5.41, 5.74) is 0.395. The van der Waals surface area contributed by atoms with Crippen LogP contribution in [0.15, 0.2) is 21.9 Å². The molecule has 0 N–H and O–H groups in total. The fraction of sp³-hybridized carbons (Fsp3) is 0.625. The van der Waals surface area contributed by atoms with E-state index in [-0.39, 0.29) is 11.4 Å². The van der Waals surface area contributed by atoms with Crippen molar-refractivity contribution in [3.05, 3.63) is 23.2 Å². The van der Waals surface area contributed by atoms with E-state index in [1.165, 1.54) is 30.6 Å². The minimum atomic E-state index is -2.25. The van der Waals surface area contributed by atoms with Gasteiger partial charge in [-0.3, -0.25) is 4.79 Å². The van der Waals surface area contributed by atoms with Crippen LogP contribution in [0.2, 0.25) is 0 Å². The molecule has 2 aliphatic rings. The molecule has 1 aromatic rings. The highest BCUT2D eigenvalue weighted by molar-refractivity contribution is 7.92. The standard InChI is InChI=1S/C16H23N3O2S2/c1-23(2,21)18-15-17-13(12-22-15)14(20)19-11-7-6-10-16(19)8-4-3-5-9-16/h6-7,12H,3-5,8-11H2,1-2H3. The summed E-state index contributed by atoms with van der Waals surface area (Å²) in [5.74, 6) is -0.0207. The van der Waals surface area contributed by atoms with Gasteiger partial charge in [-0.2, -0.15) is 4.36 Å². The zero-order valence-electron chi connectivity index (χ0n) is 13.7. The maximum Gasteiger partial charge on any atom is 0.274 e. The molecule has 0 bridgehead atoms. The molecule has 0 unspecified atom stereocenters. The lowest BCUT2D eigenvalue weighted by atomic mass is 9.76. The monoisotopic (exact) mass is 353 g/mol. The van der Waals surface area contributed by atoms with E-state index in [0.717, 1.165) is 19.3 Å². The second-order valence-electron chi connectivity index (χ2n) is 6.66. The lowest BCUT2D eigenvalue weighted by molar-refractivity contribution is 0.0356. The lowest BCUT2D eigenvalue weighted by Crippen LogP contribution is -2.54. The SMILES string of the molecule is CS(C)(=O)=Nc1nc(C(=O)N2CC=CCC23CCCCC3)cs1. The summed E-state index contributed by atoms with van der Waals surface area (Å²) in [6.45, 7) is 0.654. The number of rotatable bonds is 2. The van der Waals surface area contributed by atoms with Crippen molar-refractivity contribution in [2.75, 3.05) is 19.1 Å². The Morgan fingerprint density at radius 3 is 2.74 bits per heavy atom. The summed E-state index contributed by atoms with van der Waals surface area (Å²) in [5, 5.41) is 2.16. The van der Waals surface area contributed by atoms with Gasteiger partial charge in [0.25, 0.3) is 5.91 Å². The van der Waals surface area contributed by atoms with Gasteiger partial charge in [0.1, 0.15) is 5.69 Å². The highest BCUT2D eigenvalue weighted by atomic mass is 32.2. The highest BCUT2D eigenvalue weighted by Crippen LogP contribution is 2.39. The van der Waals surface area contributed by atoms with Gasteiger partial charge in [-0.1, -0.05) is 31.4 Å². The zero-order valence-corrected chi connectivity index (χ0v) is 15.3. The Morgan fingerprint density at radius 1 is 1.30 bits per heavy atom.